The minimum atomic E-state index is -2.22. The van der Waals surface area contributed by atoms with Crippen LogP contribution in [-0.2, 0) is 18.9 Å². The van der Waals surface area contributed by atoms with Crippen LogP contribution in [0.25, 0.3) is 0 Å². The van der Waals surface area contributed by atoms with Crippen LogP contribution in [0.4, 0.5) is 4.79 Å². The van der Waals surface area contributed by atoms with Crippen molar-refractivity contribution in [3.8, 4) is 0 Å². The second-order valence-electron chi connectivity index (χ2n) is 7.05. The molecule has 2 aliphatic heterocycles. The molecule has 9 atom stereocenters. The number of carbonyl (C=O) groups excluding carboxylic acids is 1. The van der Waals surface area contributed by atoms with E-state index < -0.39 is 80.7 Å². The van der Waals surface area contributed by atoms with Crippen LogP contribution in [0.15, 0.2) is 0 Å². The third kappa shape index (κ3) is 6.18. The van der Waals surface area contributed by atoms with Gasteiger partial charge in [0, 0.05) is 0 Å². The highest BCUT2D eigenvalue weighted by Crippen LogP contribution is 2.35. The van der Waals surface area contributed by atoms with E-state index in [0.29, 0.717) is 0 Å². The molecule has 2 fully saturated rings. The fraction of sp³-hybridized carbons (Fsp3) is 0.938. The number of aliphatic hydroxyl groups excluding tert-OH is 8. The Balaban J connectivity index is 0.000000553. The Hall–Kier alpha value is -1.17. The summed E-state index contributed by atoms with van der Waals surface area (Å²) in [7, 11) is 0. The van der Waals surface area contributed by atoms with Crippen LogP contribution < -0.4 is 5.73 Å². The van der Waals surface area contributed by atoms with E-state index in [-0.39, 0.29) is 6.10 Å². The largest absolute Gasteiger partial charge is 0.447 e. The van der Waals surface area contributed by atoms with Crippen LogP contribution in [0.2, 0.25) is 0 Å². The molecule has 14 heteroatoms. The maximum absolute atomic E-state index is 10.00. The second-order valence-corrected chi connectivity index (χ2v) is 7.05. The number of ether oxygens (including phenoxy) is 4. The topological polar surface area (TPSA) is 242 Å². The average molecular weight is 445 g/mol. The third-order valence-corrected chi connectivity index (χ3v) is 4.42. The number of aliphatic hydroxyl groups is 8. The normalized spacial score (nSPS) is 41.3. The fourth-order valence-corrected chi connectivity index (χ4v) is 2.86. The molecule has 178 valence electrons. The molecule has 0 unspecified atom stereocenters. The Labute approximate surface area is 172 Å². The van der Waals surface area contributed by atoms with Crippen LogP contribution in [0.1, 0.15) is 13.8 Å². The quantitative estimate of drug-likeness (QED) is 0.186. The van der Waals surface area contributed by atoms with Gasteiger partial charge in [-0.05, 0) is 13.8 Å². The van der Waals surface area contributed by atoms with Gasteiger partial charge >= 0.3 is 6.09 Å². The maximum Gasteiger partial charge on any atom is 0.404 e. The highest BCUT2D eigenvalue weighted by molar-refractivity contribution is 5.64. The number of hydrogen-bond acceptors (Lipinski definition) is 13. The van der Waals surface area contributed by atoms with Crippen LogP contribution in [0.3, 0.4) is 0 Å². The van der Waals surface area contributed by atoms with Gasteiger partial charge in [0.1, 0.15) is 49.3 Å². The lowest BCUT2D eigenvalue weighted by molar-refractivity contribution is -0.383. The first-order valence-electron chi connectivity index (χ1n) is 9.14. The highest BCUT2D eigenvalue weighted by atomic mass is 16.8. The molecule has 0 spiro atoms. The number of nitrogens with two attached hydrogens (primary N) is 1. The summed E-state index contributed by atoms with van der Waals surface area (Å²) in [6, 6.07) is 0. The van der Waals surface area contributed by atoms with Gasteiger partial charge in [0.15, 0.2) is 6.29 Å². The van der Waals surface area contributed by atoms with Crippen LogP contribution in [0, 0.1) is 0 Å². The minimum Gasteiger partial charge on any atom is -0.447 e. The van der Waals surface area contributed by atoms with E-state index in [2.05, 4.69) is 10.5 Å². The van der Waals surface area contributed by atoms with Crippen molar-refractivity contribution in [1.29, 1.82) is 0 Å². The molecular formula is C16H31NO13. The summed E-state index contributed by atoms with van der Waals surface area (Å²) in [4.78, 5) is 9.81. The van der Waals surface area contributed by atoms with E-state index in [1.807, 2.05) is 0 Å². The molecule has 0 aromatic rings. The number of amides is 1. The van der Waals surface area contributed by atoms with Crippen LogP contribution in [-0.4, -0.2) is 128 Å². The number of rotatable bonds is 6. The van der Waals surface area contributed by atoms with E-state index >= 15 is 0 Å². The summed E-state index contributed by atoms with van der Waals surface area (Å²) in [5.74, 6) is -2.22. The minimum absolute atomic E-state index is 0.0995. The van der Waals surface area contributed by atoms with Crippen molar-refractivity contribution in [2.24, 2.45) is 5.73 Å². The fourth-order valence-electron chi connectivity index (χ4n) is 2.86. The van der Waals surface area contributed by atoms with Crippen molar-refractivity contribution in [2.45, 2.75) is 74.8 Å². The Morgan fingerprint density at radius 3 is 1.90 bits per heavy atom. The molecule has 0 aromatic heterocycles. The van der Waals surface area contributed by atoms with Gasteiger partial charge in [0.25, 0.3) is 0 Å². The van der Waals surface area contributed by atoms with Crippen molar-refractivity contribution >= 4 is 6.09 Å². The lowest BCUT2D eigenvalue weighted by Gasteiger charge is -2.43. The first-order chi connectivity index (χ1) is 13.9. The average Bonchev–Trinajstić information content (AvgIpc) is 2.92. The molecule has 10 N–H and O–H groups in total. The first kappa shape index (κ1) is 26.9. The molecule has 0 bridgehead atoms. The highest BCUT2D eigenvalue weighted by Gasteiger charge is 2.58. The van der Waals surface area contributed by atoms with E-state index in [1.165, 1.54) is 0 Å². The first-order valence-corrected chi connectivity index (χ1v) is 9.14. The maximum atomic E-state index is 10.00. The van der Waals surface area contributed by atoms with Crippen molar-refractivity contribution in [3.05, 3.63) is 0 Å². The SMILES string of the molecule is CC(C)OC(N)=O.OC[C@H]1O[C@@](CO)(O[C@H]2O[C@H](CO)[C@@H](O)[C@H](O)[C@H]2O)[C@@H](O)[C@@H]1O. The van der Waals surface area contributed by atoms with Gasteiger partial charge in [-0.25, -0.2) is 4.79 Å². The van der Waals surface area contributed by atoms with Crippen LogP contribution in [0.5, 0.6) is 0 Å². The summed E-state index contributed by atoms with van der Waals surface area (Å²) in [5.41, 5.74) is 4.63. The Morgan fingerprint density at radius 2 is 1.53 bits per heavy atom. The third-order valence-electron chi connectivity index (χ3n) is 4.42. The molecule has 2 saturated heterocycles. The Morgan fingerprint density at radius 1 is 0.967 bits per heavy atom. The molecular weight excluding hydrogens is 414 g/mol. The molecule has 0 aromatic carbocycles. The summed E-state index contributed by atoms with van der Waals surface area (Å²) in [6.45, 7) is 1.16. The standard InChI is InChI=1S/C12H22O11.C4H9NO2/c13-1-4-6(16)8(18)9(19)11(21-4)23-12(3-15)10(20)7(17)5(2-14)22-12;1-3(2)7-4(5)6/h4-11,13-20H,1-3H2;3H,1-2H3,(H2,5,6)/t4-,5-,6-,7-,8+,9-,10+,11-,12+;/m1./s1. The van der Waals surface area contributed by atoms with Gasteiger partial charge < -0.3 is 65.5 Å². The van der Waals surface area contributed by atoms with Gasteiger partial charge in [-0.15, -0.1) is 0 Å². The molecule has 0 radical (unpaired) electrons. The van der Waals surface area contributed by atoms with E-state index in [9.17, 15) is 35.4 Å². The molecule has 2 aliphatic rings. The molecule has 0 saturated carbocycles. The zero-order valence-electron chi connectivity index (χ0n) is 16.5. The van der Waals surface area contributed by atoms with E-state index in [0.717, 1.165) is 0 Å². The van der Waals surface area contributed by atoms with Gasteiger partial charge in [-0.3, -0.25) is 0 Å². The van der Waals surface area contributed by atoms with Gasteiger partial charge in [0.05, 0.1) is 19.3 Å². The summed E-state index contributed by atoms with van der Waals surface area (Å²) >= 11 is 0. The molecule has 0 aliphatic carbocycles. The lowest BCUT2D eigenvalue weighted by atomic mass is 9.99. The van der Waals surface area contributed by atoms with Crippen LogP contribution >= 0.6 is 0 Å². The Kier molecular flexibility index (Phi) is 10.3. The monoisotopic (exact) mass is 445 g/mol. The van der Waals surface area contributed by atoms with Crippen molar-refractivity contribution in [1.82, 2.24) is 0 Å². The smallest absolute Gasteiger partial charge is 0.404 e. The molecule has 1 amide bonds. The Bertz CT molecular complexity index is 535. The number of carbonyl (C=O) groups is 1. The van der Waals surface area contributed by atoms with E-state index in [4.69, 9.17) is 24.4 Å². The predicted molar refractivity (Wildman–Crippen MR) is 94.4 cm³/mol. The summed E-state index contributed by atoms with van der Waals surface area (Å²) < 4.78 is 19.8. The zero-order chi connectivity index (χ0) is 23.2. The van der Waals surface area contributed by atoms with Crippen molar-refractivity contribution < 1.29 is 64.6 Å². The second kappa shape index (κ2) is 11.4. The summed E-state index contributed by atoms with van der Waals surface area (Å²) in [5, 5.41) is 76.7. The van der Waals surface area contributed by atoms with Gasteiger partial charge in [-0.2, -0.15) is 0 Å². The number of hydrogen-bond donors (Lipinski definition) is 9. The van der Waals surface area contributed by atoms with Crippen molar-refractivity contribution in [2.75, 3.05) is 19.8 Å². The zero-order valence-corrected chi connectivity index (χ0v) is 16.5. The van der Waals surface area contributed by atoms with Gasteiger partial charge in [-0.1, -0.05) is 0 Å². The molecule has 30 heavy (non-hydrogen) atoms. The van der Waals surface area contributed by atoms with Crippen molar-refractivity contribution in [3.63, 3.8) is 0 Å². The van der Waals surface area contributed by atoms with E-state index in [1.54, 1.807) is 13.8 Å². The predicted octanol–water partition coefficient (Wildman–Crippen LogP) is -4.91. The lowest BCUT2D eigenvalue weighted by Crippen LogP contribution is -2.62. The molecule has 2 heterocycles. The number of primary amides is 1. The summed E-state index contributed by atoms with van der Waals surface area (Å²) in [6.07, 6.45) is -13.5. The van der Waals surface area contributed by atoms with Gasteiger partial charge in [0.2, 0.25) is 5.79 Å². The molecule has 2 rings (SSSR count). The molecule has 14 nitrogen and oxygen atoms in total.